The number of carboxylic acids is 1. The van der Waals surface area contributed by atoms with E-state index in [1.165, 1.54) is 12.8 Å². The molecule has 0 aliphatic heterocycles. The van der Waals surface area contributed by atoms with Gasteiger partial charge in [-0.2, -0.15) is 0 Å². The monoisotopic (exact) mass is 302 g/mol. The summed E-state index contributed by atoms with van der Waals surface area (Å²) < 4.78 is 6.11. The van der Waals surface area contributed by atoms with Crippen molar-refractivity contribution in [1.29, 1.82) is 0 Å². The smallest absolute Gasteiger partial charge is 0.314 e. The fourth-order valence-electron chi connectivity index (χ4n) is 3.74. The third-order valence-corrected chi connectivity index (χ3v) is 5.21. The molecule has 1 N–H and O–H groups in total. The van der Waals surface area contributed by atoms with Gasteiger partial charge in [-0.3, -0.25) is 4.79 Å². The molecule has 3 nitrogen and oxygen atoms in total. The highest BCUT2D eigenvalue weighted by atomic mass is 16.5. The van der Waals surface area contributed by atoms with Gasteiger partial charge in [-0.25, -0.2) is 0 Å². The van der Waals surface area contributed by atoms with Crippen LogP contribution in [0.5, 0.6) is 5.75 Å². The first kappa shape index (κ1) is 15.4. The number of hydrogen-bond acceptors (Lipinski definition) is 2. The van der Waals surface area contributed by atoms with Crippen molar-refractivity contribution >= 4 is 5.97 Å². The highest BCUT2D eigenvalue weighted by Gasteiger charge is 2.44. The van der Waals surface area contributed by atoms with Crippen molar-refractivity contribution in [1.82, 2.24) is 0 Å². The summed E-state index contributed by atoms with van der Waals surface area (Å²) in [6.45, 7) is 4.81. The summed E-state index contributed by atoms with van der Waals surface area (Å²) in [5.74, 6) is 0.816. The number of hydrogen-bond donors (Lipinski definition) is 1. The second-order valence-electron chi connectivity index (χ2n) is 7.16. The second kappa shape index (κ2) is 5.94. The van der Waals surface area contributed by atoms with Gasteiger partial charge in [-0.15, -0.1) is 0 Å². The fourth-order valence-corrected chi connectivity index (χ4v) is 3.74. The molecular formula is C19H26O3. The molecule has 0 amide bonds. The maximum atomic E-state index is 12.1. The van der Waals surface area contributed by atoms with Gasteiger partial charge < -0.3 is 9.84 Å². The number of ether oxygens (including phenoxy) is 1. The molecule has 2 aliphatic carbocycles. The van der Waals surface area contributed by atoms with Gasteiger partial charge in [0.1, 0.15) is 5.75 Å². The number of carboxylic acid groups (broad SMARTS) is 1. The van der Waals surface area contributed by atoms with Crippen LogP contribution in [0.2, 0.25) is 0 Å². The molecule has 0 saturated heterocycles. The van der Waals surface area contributed by atoms with Gasteiger partial charge in [0, 0.05) is 5.56 Å². The van der Waals surface area contributed by atoms with Crippen LogP contribution in [0, 0.1) is 19.8 Å². The predicted molar refractivity (Wildman–Crippen MR) is 86.5 cm³/mol. The van der Waals surface area contributed by atoms with Crippen molar-refractivity contribution in [3.63, 3.8) is 0 Å². The van der Waals surface area contributed by atoms with Crippen molar-refractivity contribution in [3.05, 3.63) is 28.8 Å². The zero-order valence-corrected chi connectivity index (χ0v) is 13.7. The lowest BCUT2D eigenvalue weighted by Gasteiger charge is -2.35. The summed E-state index contributed by atoms with van der Waals surface area (Å²) in [6, 6.07) is 4.15. The van der Waals surface area contributed by atoms with Crippen LogP contribution in [0.4, 0.5) is 0 Å². The van der Waals surface area contributed by atoms with E-state index in [1.54, 1.807) is 0 Å². The van der Waals surface area contributed by atoms with Crippen LogP contribution in [0.1, 0.15) is 61.6 Å². The molecule has 0 radical (unpaired) electrons. The van der Waals surface area contributed by atoms with E-state index < -0.39 is 11.4 Å². The molecule has 0 unspecified atom stereocenters. The van der Waals surface area contributed by atoms with Gasteiger partial charge in [-0.1, -0.05) is 37.0 Å². The van der Waals surface area contributed by atoms with Crippen LogP contribution >= 0.6 is 0 Å². The Labute approximate surface area is 132 Å². The first-order valence-corrected chi connectivity index (χ1v) is 8.51. The quantitative estimate of drug-likeness (QED) is 0.878. The summed E-state index contributed by atoms with van der Waals surface area (Å²) in [4.78, 5) is 12.1. The van der Waals surface area contributed by atoms with Gasteiger partial charge in [0.15, 0.2) is 0 Å². The first-order chi connectivity index (χ1) is 10.5. The standard InChI is InChI=1S/C19H26O3/c1-13-10-14(2)17(22-12-15-6-7-15)16(11-13)19(18(20)21)8-4-3-5-9-19/h10-11,15H,3-9,12H2,1-2H3,(H,20,21). The largest absolute Gasteiger partial charge is 0.493 e. The van der Waals surface area contributed by atoms with Crippen LogP contribution < -0.4 is 4.74 Å². The van der Waals surface area contributed by atoms with E-state index >= 15 is 0 Å². The predicted octanol–water partition coefficient (Wildman–Crippen LogP) is 4.38. The topological polar surface area (TPSA) is 46.5 Å². The van der Waals surface area contributed by atoms with Crippen LogP contribution in [-0.4, -0.2) is 17.7 Å². The Hall–Kier alpha value is -1.51. The van der Waals surface area contributed by atoms with Crippen LogP contribution in [0.3, 0.4) is 0 Å². The van der Waals surface area contributed by atoms with Crippen molar-refractivity contribution in [2.45, 2.75) is 64.2 Å². The first-order valence-electron chi connectivity index (χ1n) is 8.51. The normalized spacial score (nSPS) is 20.6. The summed E-state index contributed by atoms with van der Waals surface area (Å²) >= 11 is 0. The molecule has 120 valence electrons. The number of aryl methyl sites for hydroxylation is 2. The Morgan fingerprint density at radius 1 is 1.23 bits per heavy atom. The Morgan fingerprint density at radius 2 is 1.91 bits per heavy atom. The molecule has 0 spiro atoms. The number of rotatable bonds is 5. The molecule has 1 aromatic carbocycles. The van der Waals surface area contributed by atoms with Gasteiger partial charge in [0.2, 0.25) is 0 Å². The van der Waals surface area contributed by atoms with Crippen LogP contribution in [0.15, 0.2) is 12.1 Å². The summed E-state index contributed by atoms with van der Waals surface area (Å²) in [5.41, 5.74) is 2.35. The van der Waals surface area contributed by atoms with E-state index in [-0.39, 0.29) is 0 Å². The van der Waals surface area contributed by atoms with Crippen molar-refractivity contribution in [3.8, 4) is 5.75 Å². The number of aliphatic carboxylic acids is 1. The zero-order valence-electron chi connectivity index (χ0n) is 13.7. The molecule has 0 aromatic heterocycles. The summed E-state index contributed by atoms with van der Waals surface area (Å²) in [6.07, 6.45) is 7.05. The molecular weight excluding hydrogens is 276 g/mol. The van der Waals surface area contributed by atoms with E-state index in [0.29, 0.717) is 5.92 Å². The molecule has 1 aromatic rings. The van der Waals surface area contributed by atoms with E-state index in [1.807, 2.05) is 13.8 Å². The summed E-state index contributed by atoms with van der Waals surface area (Å²) in [5, 5.41) is 9.98. The van der Waals surface area contributed by atoms with Crippen molar-refractivity contribution < 1.29 is 14.6 Å². The Bertz CT molecular complexity index is 566. The van der Waals surface area contributed by atoms with Crippen molar-refractivity contribution in [2.24, 2.45) is 5.92 Å². The van der Waals surface area contributed by atoms with Crippen LogP contribution in [-0.2, 0) is 10.2 Å². The fraction of sp³-hybridized carbons (Fsp3) is 0.632. The molecule has 0 heterocycles. The molecule has 2 saturated carbocycles. The molecule has 0 atom stereocenters. The molecule has 2 aliphatic rings. The molecule has 22 heavy (non-hydrogen) atoms. The lowest BCUT2D eigenvalue weighted by Crippen LogP contribution is -2.38. The highest BCUT2D eigenvalue weighted by molar-refractivity contribution is 5.83. The third-order valence-electron chi connectivity index (χ3n) is 5.21. The molecule has 3 heteroatoms. The minimum atomic E-state index is -0.756. The lowest BCUT2D eigenvalue weighted by molar-refractivity contribution is -0.145. The SMILES string of the molecule is Cc1cc(C)c(OCC2CC2)c(C2(C(=O)O)CCCCC2)c1. The van der Waals surface area contributed by atoms with E-state index in [0.717, 1.165) is 61.2 Å². The van der Waals surface area contributed by atoms with E-state index in [2.05, 4.69) is 12.1 Å². The Kier molecular flexibility index (Phi) is 4.16. The van der Waals surface area contributed by atoms with Crippen molar-refractivity contribution in [2.75, 3.05) is 6.61 Å². The maximum absolute atomic E-state index is 12.1. The van der Waals surface area contributed by atoms with Gasteiger partial charge in [0.25, 0.3) is 0 Å². The Balaban J connectivity index is 2.03. The average molecular weight is 302 g/mol. The minimum absolute atomic E-state index is 0.667. The molecule has 3 rings (SSSR count). The maximum Gasteiger partial charge on any atom is 0.314 e. The Morgan fingerprint density at radius 3 is 2.50 bits per heavy atom. The third kappa shape index (κ3) is 2.86. The second-order valence-corrected chi connectivity index (χ2v) is 7.16. The van der Waals surface area contributed by atoms with Gasteiger partial charge >= 0.3 is 5.97 Å². The number of benzene rings is 1. The van der Waals surface area contributed by atoms with E-state index in [9.17, 15) is 9.90 Å². The highest BCUT2D eigenvalue weighted by Crippen LogP contribution is 2.45. The van der Waals surface area contributed by atoms with Gasteiger partial charge in [0.05, 0.1) is 12.0 Å². The zero-order chi connectivity index (χ0) is 15.7. The lowest BCUT2D eigenvalue weighted by atomic mass is 9.68. The average Bonchev–Trinajstić information content (AvgIpc) is 3.30. The molecule has 2 fully saturated rings. The minimum Gasteiger partial charge on any atom is -0.493 e. The summed E-state index contributed by atoms with van der Waals surface area (Å²) in [7, 11) is 0. The van der Waals surface area contributed by atoms with E-state index in [4.69, 9.17) is 4.74 Å². The van der Waals surface area contributed by atoms with Crippen LogP contribution in [0.25, 0.3) is 0 Å². The molecule has 0 bridgehead atoms. The van der Waals surface area contributed by atoms with Gasteiger partial charge in [-0.05, 0) is 51.0 Å². The number of carbonyl (C=O) groups is 1.